The van der Waals surface area contributed by atoms with Gasteiger partial charge < -0.3 is 14.9 Å². The molecule has 2 N–H and O–H groups in total. The smallest absolute Gasteiger partial charge is 0.318 e. The fourth-order valence-electron chi connectivity index (χ4n) is 2.94. The quantitative estimate of drug-likeness (QED) is 0.560. The van der Waals surface area contributed by atoms with Crippen LogP contribution >= 0.6 is 0 Å². The Balaban J connectivity index is 2.27. The Morgan fingerprint density at radius 3 is 1.85 bits per heavy atom. The second-order valence-corrected chi connectivity index (χ2v) is 9.10. The Morgan fingerprint density at radius 1 is 0.852 bits per heavy atom. The molecular weight excluding hydrogens is 340 g/mol. The summed E-state index contributed by atoms with van der Waals surface area (Å²) in [5, 5.41) is 20.2. The minimum absolute atomic E-state index is 0.184. The van der Waals surface area contributed by atoms with Gasteiger partial charge in [0.1, 0.15) is 17.2 Å². The number of ether oxygens (including phenoxy) is 1. The second-order valence-electron chi connectivity index (χ2n) is 9.10. The summed E-state index contributed by atoms with van der Waals surface area (Å²) < 4.78 is 5.56. The second kappa shape index (κ2) is 7.26. The van der Waals surface area contributed by atoms with Crippen molar-refractivity contribution in [2.45, 2.75) is 65.2 Å². The van der Waals surface area contributed by atoms with E-state index in [1.807, 2.05) is 47.6 Å². The lowest BCUT2D eigenvalue weighted by atomic mass is 9.84. The number of esters is 1. The molecule has 1 atom stereocenters. The van der Waals surface area contributed by atoms with Crippen LogP contribution in [0.15, 0.2) is 36.4 Å². The molecule has 0 amide bonds. The highest BCUT2D eigenvalue weighted by Crippen LogP contribution is 2.35. The first-order valence-corrected chi connectivity index (χ1v) is 9.19. The van der Waals surface area contributed by atoms with E-state index in [1.54, 1.807) is 37.3 Å². The van der Waals surface area contributed by atoms with Crippen LogP contribution in [0.5, 0.6) is 17.2 Å². The molecule has 2 rings (SSSR count). The number of benzene rings is 2. The van der Waals surface area contributed by atoms with Gasteiger partial charge in [0.15, 0.2) is 0 Å². The molecule has 0 saturated carbocycles. The van der Waals surface area contributed by atoms with Crippen molar-refractivity contribution in [1.29, 1.82) is 0 Å². The lowest BCUT2D eigenvalue weighted by Gasteiger charge is -2.23. The number of phenolic OH excluding ortho intramolecular Hbond substituents is 2. The van der Waals surface area contributed by atoms with Gasteiger partial charge in [-0.2, -0.15) is 0 Å². The van der Waals surface area contributed by atoms with Crippen LogP contribution in [0.2, 0.25) is 0 Å². The third-order valence-electron chi connectivity index (χ3n) is 4.68. The van der Waals surface area contributed by atoms with Crippen LogP contribution in [0.25, 0.3) is 0 Å². The Bertz CT molecular complexity index is 838. The number of phenols is 2. The van der Waals surface area contributed by atoms with Crippen molar-refractivity contribution in [2.24, 2.45) is 0 Å². The van der Waals surface area contributed by atoms with Crippen molar-refractivity contribution in [1.82, 2.24) is 0 Å². The van der Waals surface area contributed by atoms with Crippen molar-refractivity contribution in [3.05, 3.63) is 53.1 Å². The molecule has 2 aromatic rings. The van der Waals surface area contributed by atoms with Crippen LogP contribution in [-0.2, 0) is 15.6 Å². The molecule has 0 aliphatic heterocycles. The topological polar surface area (TPSA) is 66.8 Å². The monoisotopic (exact) mass is 370 g/mol. The first-order chi connectivity index (χ1) is 12.3. The maximum Gasteiger partial charge on any atom is 0.318 e. The number of hydrogen-bond donors (Lipinski definition) is 2. The van der Waals surface area contributed by atoms with E-state index < -0.39 is 5.92 Å². The van der Waals surface area contributed by atoms with Crippen LogP contribution in [0.4, 0.5) is 0 Å². The van der Waals surface area contributed by atoms with Gasteiger partial charge in [-0.3, -0.25) is 4.79 Å². The summed E-state index contributed by atoms with van der Waals surface area (Å²) in [7, 11) is 0. The van der Waals surface area contributed by atoms with Gasteiger partial charge in [-0.05, 0) is 53.1 Å². The molecule has 4 nitrogen and oxygen atoms in total. The van der Waals surface area contributed by atoms with Crippen LogP contribution < -0.4 is 4.74 Å². The van der Waals surface area contributed by atoms with Crippen molar-refractivity contribution in [3.8, 4) is 17.2 Å². The Hall–Kier alpha value is -2.49. The molecular formula is C23H30O4. The number of carbonyl (C=O) groups excluding carboxylic acids is 1. The molecule has 0 heterocycles. The summed E-state index contributed by atoms with van der Waals surface area (Å²) in [6, 6.07) is 10.1. The van der Waals surface area contributed by atoms with Gasteiger partial charge in [0.05, 0.1) is 5.92 Å². The molecule has 0 fully saturated rings. The largest absolute Gasteiger partial charge is 0.508 e. The van der Waals surface area contributed by atoms with Gasteiger partial charge in [-0.25, -0.2) is 0 Å². The molecule has 4 heteroatoms. The summed E-state index contributed by atoms with van der Waals surface area (Å²) in [5.41, 5.74) is 1.80. The van der Waals surface area contributed by atoms with E-state index in [0.29, 0.717) is 5.75 Å². The lowest BCUT2D eigenvalue weighted by Crippen LogP contribution is -2.18. The van der Waals surface area contributed by atoms with E-state index in [-0.39, 0.29) is 28.3 Å². The van der Waals surface area contributed by atoms with E-state index in [4.69, 9.17) is 4.74 Å². The van der Waals surface area contributed by atoms with Gasteiger partial charge in [-0.15, -0.1) is 0 Å². The molecule has 1 unspecified atom stereocenters. The van der Waals surface area contributed by atoms with Gasteiger partial charge >= 0.3 is 5.97 Å². The Morgan fingerprint density at radius 2 is 1.33 bits per heavy atom. The summed E-state index contributed by atoms with van der Waals surface area (Å²) >= 11 is 0. The molecule has 0 aromatic heterocycles. The maximum absolute atomic E-state index is 12.7. The fraction of sp³-hybridized carbons (Fsp3) is 0.435. The number of hydrogen-bond acceptors (Lipinski definition) is 4. The fourth-order valence-corrected chi connectivity index (χ4v) is 2.94. The molecule has 0 aliphatic carbocycles. The molecule has 27 heavy (non-hydrogen) atoms. The first kappa shape index (κ1) is 20.8. The van der Waals surface area contributed by atoms with Gasteiger partial charge in [0, 0.05) is 5.56 Å². The minimum Gasteiger partial charge on any atom is -0.508 e. The third kappa shape index (κ3) is 4.82. The predicted octanol–water partition coefficient (Wildman–Crippen LogP) is 5.40. The van der Waals surface area contributed by atoms with Crippen LogP contribution in [0, 0.1) is 0 Å². The first-order valence-electron chi connectivity index (χ1n) is 9.19. The summed E-state index contributed by atoms with van der Waals surface area (Å²) in [6.07, 6.45) is 0. The molecule has 0 bridgehead atoms. The highest BCUT2D eigenvalue weighted by atomic mass is 16.5. The molecule has 0 aliphatic rings. The molecule has 2 aromatic carbocycles. The molecule has 0 saturated heterocycles. The number of carbonyl (C=O) groups is 1. The van der Waals surface area contributed by atoms with Crippen molar-refractivity contribution in [2.75, 3.05) is 0 Å². The standard InChI is InChI=1S/C23H30O4/c1-14(15-8-10-19(24)17(12-15)22(2,3)4)21(26)27-16-9-11-20(25)18(13-16)23(5,6)7/h8-14,24-25H,1-7H3. The van der Waals surface area contributed by atoms with Crippen LogP contribution in [-0.4, -0.2) is 16.2 Å². The SMILES string of the molecule is CC(C(=O)Oc1ccc(O)c(C(C)(C)C)c1)c1ccc(O)c(C(C)(C)C)c1. The average molecular weight is 370 g/mol. The van der Waals surface area contributed by atoms with E-state index >= 15 is 0 Å². The maximum atomic E-state index is 12.7. The van der Waals surface area contributed by atoms with Crippen molar-refractivity contribution >= 4 is 5.97 Å². The van der Waals surface area contributed by atoms with Gasteiger partial charge in [0.25, 0.3) is 0 Å². The highest BCUT2D eigenvalue weighted by molar-refractivity contribution is 5.80. The average Bonchev–Trinajstić information content (AvgIpc) is 2.54. The summed E-state index contributed by atoms with van der Waals surface area (Å²) in [5.74, 6) is -0.0574. The Kier molecular flexibility index (Phi) is 5.60. The lowest BCUT2D eigenvalue weighted by molar-refractivity contribution is -0.135. The zero-order valence-electron chi connectivity index (χ0n) is 17.3. The molecule has 0 radical (unpaired) electrons. The number of aromatic hydroxyl groups is 2. The van der Waals surface area contributed by atoms with Gasteiger partial charge in [0.2, 0.25) is 0 Å². The predicted molar refractivity (Wildman–Crippen MR) is 108 cm³/mol. The zero-order valence-corrected chi connectivity index (χ0v) is 17.3. The van der Waals surface area contributed by atoms with Crippen LogP contribution in [0.3, 0.4) is 0 Å². The van der Waals surface area contributed by atoms with Gasteiger partial charge in [-0.1, -0.05) is 53.7 Å². The Labute approximate surface area is 161 Å². The highest BCUT2D eigenvalue weighted by Gasteiger charge is 2.24. The molecule has 0 spiro atoms. The van der Waals surface area contributed by atoms with E-state index in [2.05, 4.69) is 0 Å². The summed E-state index contributed by atoms with van der Waals surface area (Å²) in [4.78, 5) is 12.7. The van der Waals surface area contributed by atoms with Crippen molar-refractivity contribution in [3.63, 3.8) is 0 Å². The summed E-state index contributed by atoms with van der Waals surface area (Å²) in [6.45, 7) is 13.8. The number of rotatable bonds is 3. The van der Waals surface area contributed by atoms with E-state index in [0.717, 1.165) is 16.7 Å². The van der Waals surface area contributed by atoms with Crippen molar-refractivity contribution < 1.29 is 19.7 Å². The molecule has 146 valence electrons. The van der Waals surface area contributed by atoms with Crippen LogP contribution in [0.1, 0.15) is 71.1 Å². The zero-order chi connectivity index (χ0) is 20.6. The van der Waals surface area contributed by atoms with E-state index in [1.165, 1.54) is 0 Å². The minimum atomic E-state index is -0.487. The normalized spacial score (nSPS) is 13.3. The third-order valence-corrected chi connectivity index (χ3v) is 4.68. The van der Waals surface area contributed by atoms with E-state index in [9.17, 15) is 15.0 Å².